The van der Waals surface area contributed by atoms with Crippen LogP contribution in [0.25, 0.3) is 42.9 Å². The van der Waals surface area contributed by atoms with Gasteiger partial charge in [0.1, 0.15) is 11.4 Å². The lowest BCUT2D eigenvalue weighted by molar-refractivity contribution is -0.135. The Morgan fingerprint density at radius 1 is 1.00 bits per heavy atom. The van der Waals surface area contributed by atoms with E-state index in [1.165, 1.54) is 34.7 Å². The van der Waals surface area contributed by atoms with Gasteiger partial charge in [-0.15, -0.1) is 22.7 Å². The van der Waals surface area contributed by atoms with E-state index in [2.05, 4.69) is 22.8 Å². The molecule has 1 amide bonds. The Morgan fingerprint density at radius 2 is 1.81 bits per heavy atom. The summed E-state index contributed by atoms with van der Waals surface area (Å²) in [6.45, 7) is 2.36. The molecule has 2 aliphatic rings. The number of aromatic nitrogens is 2. The van der Waals surface area contributed by atoms with Crippen molar-refractivity contribution in [1.82, 2.24) is 14.5 Å². The van der Waals surface area contributed by atoms with Crippen LogP contribution < -0.4 is 0 Å². The first-order valence-electron chi connectivity index (χ1n) is 14.4. The maximum atomic E-state index is 13.6. The average Bonchev–Trinajstić information content (AvgIpc) is 3.72. The van der Waals surface area contributed by atoms with Crippen LogP contribution in [0.4, 0.5) is 0 Å². The molecule has 0 bridgehead atoms. The van der Waals surface area contributed by atoms with E-state index in [1.807, 2.05) is 29.2 Å². The van der Waals surface area contributed by atoms with E-state index in [-0.39, 0.29) is 12.5 Å². The second-order valence-electron chi connectivity index (χ2n) is 11.0. The Kier molecular flexibility index (Phi) is 7.52. The molecule has 7 rings (SSSR count). The number of amides is 1. The molecule has 1 aromatic carbocycles. The first-order chi connectivity index (χ1) is 20.5. The summed E-state index contributed by atoms with van der Waals surface area (Å²) < 4.78 is 9.28. The van der Waals surface area contributed by atoms with Gasteiger partial charge in [-0.05, 0) is 66.3 Å². The summed E-state index contributed by atoms with van der Waals surface area (Å²) in [5, 5.41) is 10.9. The standard InChI is InChI=1S/C32H30ClN3O4S2/c33-27-11-10-25(41-27)23-9-6-20-16-21(7-8-22(20)34-23)30-29(19-4-2-1-3-5-19)31-24(17-26(42-31)32(38)39)36(30)18-28(37)35-12-14-40-15-13-35/h6-11,16-17,19H,1-5,12-15,18H2,(H,38,39). The van der Waals surface area contributed by atoms with Crippen LogP contribution in [0.1, 0.15) is 53.3 Å². The number of thiophene rings is 2. The highest BCUT2D eigenvalue weighted by atomic mass is 35.5. The maximum Gasteiger partial charge on any atom is 0.345 e. The van der Waals surface area contributed by atoms with Crippen molar-refractivity contribution in [1.29, 1.82) is 0 Å². The summed E-state index contributed by atoms with van der Waals surface area (Å²) in [6, 6.07) is 16.0. The van der Waals surface area contributed by atoms with Crippen LogP contribution in [0.2, 0.25) is 4.34 Å². The number of fused-ring (bicyclic) bond motifs is 2. The molecule has 0 unspecified atom stereocenters. The molecule has 10 heteroatoms. The van der Waals surface area contributed by atoms with Crippen molar-refractivity contribution in [3.05, 3.63) is 63.3 Å². The van der Waals surface area contributed by atoms with Crippen LogP contribution in [0.3, 0.4) is 0 Å². The van der Waals surface area contributed by atoms with Gasteiger partial charge in [0, 0.05) is 18.5 Å². The minimum atomic E-state index is -0.932. The Morgan fingerprint density at radius 3 is 2.55 bits per heavy atom. The summed E-state index contributed by atoms with van der Waals surface area (Å²) in [4.78, 5) is 33.8. The molecule has 216 valence electrons. The first-order valence-corrected chi connectivity index (χ1v) is 16.4. The van der Waals surface area contributed by atoms with Crippen LogP contribution in [-0.4, -0.2) is 57.7 Å². The van der Waals surface area contributed by atoms with Crippen molar-refractivity contribution in [2.24, 2.45) is 0 Å². The lowest BCUT2D eigenvalue weighted by Crippen LogP contribution is -2.42. The summed E-state index contributed by atoms with van der Waals surface area (Å²) >= 11 is 9.02. The average molecular weight is 620 g/mol. The van der Waals surface area contributed by atoms with Crippen LogP contribution in [0.15, 0.2) is 48.5 Å². The van der Waals surface area contributed by atoms with E-state index in [0.717, 1.165) is 73.0 Å². The highest BCUT2D eigenvalue weighted by Gasteiger charge is 2.30. The molecule has 42 heavy (non-hydrogen) atoms. The van der Waals surface area contributed by atoms with Crippen molar-refractivity contribution in [3.63, 3.8) is 0 Å². The number of carbonyl (C=O) groups excluding carboxylic acids is 1. The normalized spacial score (nSPS) is 16.5. The number of morpholine rings is 1. The fraction of sp³-hybridized carbons (Fsp3) is 0.344. The number of benzene rings is 1. The highest BCUT2D eigenvalue weighted by Crippen LogP contribution is 2.47. The van der Waals surface area contributed by atoms with E-state index < -0.39 is 5.97 Å². The summed E-state index contributed by atoms with van der Waals surface area (Å²) in [5.74, 6) is -0.592. The van der Waals surface area contributed by atoms with E-state index >= 15 is 0 Å². The Labute approximate surface area is 256 Å². The van der Waals surface area contributed by atoms with E-state index in [4.69, 9.17) is 21.3 Å². The Hall–Kier alpha value is -3.24. The van der Waals surface area contributed by atoms with Gasteiger partial charge in [-0.3, -0.25) is 4.79 Å². The second kappa shape index (κ2) is 11.4. The Bertz CT molecular complexity index is 1810. The van der Waals surface area contributed by atoms with Gasteiger partial charge in [0.2, 0.25) is 5.91 Å². The highest BCUT2D eigenvalue weighted by molar-refractivity contribution is 7.21. The number of carbonyl (C=O) groups is 2. The van der Waals surface area contributed by atoms with Gasteiger partial charge < -0.3 is 19.3 Å². The minimum Gasteiger partial charge on any atom is -0.477 e. The van der Waals surface area contributed by atoms with Gasteiger partial charge in [0.25, 0.3) is 0 Å². The quantitative estimate of drug-likeness (QED) is 0.209. The molecule has 7 nitrogen and oxygen atoms in total. The number of rotatable bonds is 6. The molecular weight excluding hydrogens is 590 g/mol. The lowest BCUT2D eigenvalue weighted by atomic mass is 9.83. The molecule has 1 saturated carbocycles. The fourth-order valence-corrected chi connectivity index (χ4v) is 8.55. The smallest absolute Gasteiger partial charge is 0.345 e. The van der Waals surface area contributed by atoms with E-state index in [0.29, 0.717) is 37.1 Å². The van der Waals surface area contributed by atoms with Gasteiger partial charge in [-0.1, -0.05) is 43.0 Å². The number of carboxylic acids is 1. The van der Waals surface area contributed by atoms with Crippen molar-refractivity contribution >= 4 is 67.3 Å². The predicted octanol–water partition coefficient (Wildman–Crippen LogP) is 7.90. The zero-order valence-corrected chi connectivity index (χ0v) is 25.4. The molecule has 2 fully saturated rings. The molecule has 5 heterocycles. The summed E-state index contributed by atoms with van der Waals surface area (Å²) in [5.41, 5.74) is 5.84. The molecule has 5 aromatic rings. The molecule has 0 spiro atoms. The minimum absolute atomic E-state index is 0.0245. The maximum absolute atomic E-state index is 13.6. The van der Waals surface area contributed by atoms with E-state index in [9.17, 15) is 14.7 Å². The fourth-order valence-electron chi connectivity index (χ4n) is 6.41. The summed E-state index contributed by atoms with van der Waals surface area (Å²) in [7, 11) is 0. The number of pyridine rings is 1. The third-order valence-electron chi connectivity index (χ3n) is 8.44. The third-order valence-corrected chi connectivity index (χ3v) is 10.8. The molecule has 1 saturated heterocycles. The van der Waals surface area contributed by atoms with Gasteiger partial charge in [-0.25, -0.2) is 9.78 Å². The van der Waals surface area contributed by atoms with Crippen LogP contribution in [-0.2, 0) is 16.1 Å². The van der Waals surface area contributed by atoms with Crippen LogP contribution >= 0.6 is 34.3 Å². The molecule has 1 aliphatic carbocycles. The van der Waals surface area contributed by atoms with Crippen molar-refractivity contribution in [3.8, 4) is 21.8 Å². The van der Waals surface area contributed by atoms with Gasteiger partial charge in [-0.2, -0.15) is 0 Å². The van der Waals surface area contributed by atoms with Crippen LogP contribution in [0, 0.1) is 0 Å². The monoisotopic (exact) mass is 619 g/mol. The SMILES string of the molecule is O=C(O)c1cc2c(s1)c(C1CCCCC1)c(-c1ccc3nc(-c4ccc(Cl)s4)ccc3c1)n2CC(=O)N1CCOCC1. The first kappa shape index (κ1) is 27.6. The van der Waals surface area contributed by atoms with Crippen molar-refractivity contribution < 1.29 is 19.4 Å². The van der Waals surface area contributed by atoms with E-state index in [1.54, 1.807) is 6.07 Å². The number of aromatic carboxylic acids is 1. The zero-order chi connectivity index (χ0) is 28.8. The second-order valence-corrected chi connectivity index (χ2v) is 13.8. The molecule has 0 atom stereocenters. The molecule has 1 N–H and O–H groups in total. The molecule has 0 radical (unpaired) electrons. The number of carboxylic acid groups (broad SMARTS) is 1. The van der Waals surface area contributed by atoms with Gasteiger partial charge in [0.05, 0.1) is 49.5 Å². The topological polar surface area (TPSA) is 84.7 Å². The summed E-state index contributed by atoms with van der Waals surface area (Å²) in [6.07, 6.45) is 5.64. The number of hydrogen-bond acceptors (Lipinski definition) is 6. The Balaban J connectivity index is 1.39. The van der Waals surface area contributed by atoms with Gasteiger partial charge >= 0.3 is 5.97 Å². The molecular formula is C32H30ClN3O4S2. The van der Waals surface area contributed by atoms with Gasteiger partial charge in [0.15, 0.2) is 0 Å². The molecule has 1 aliphatic heterocycles. The number of nitrogens with zero attached hydrogens (tertiary/aromatic N) is 3. The zero-order valence-electron chi connectivity index (χ0n) is 23.0. The predicted molar refractivity (Wildman–Crippen MR) is 169 cm³/mol. The van der Waals surface area contributed by atoms with Crippen LogP contribution in [0.5, 0.6) is 0 Å². The van der Waals surface area contributed by atoms with Crippen molar-refractivity contribution in [2.45, 2.75) is 44.6 Å². The largest absolute Gasteiger partial charge is 0.477 e. The molecule has 4 aromatic heterocycles. The third kappa shape index (κ3) is 5.13. The number of ether oxygens (including phenoxy) is 1. The van der Waals surface area contributed by atoms with Crippen molar-refractivity contribution in [2.75, 3.05) is 26.3 Å². The lowest BCUT2D eigenvalue weighted by Gasteiger charge is -2.28. The number of hydrogen-bond donors (Lipinski definition) is 1. The number of halogens is 1.